The van der Waals surface area contributed by atoms with E-state index in [1.165, 1.54) is 16.5 Å². The molecule has 0 spiro atoms. The smallest absolute Gasteiger partial charge is 0.219 e. The first-order chi connectivity index (χ1) is 8.81. The van der Waals surface area contributed by atoms with Crippen molar-refractivity contribution in [3.63, 3.8) is 0 Å². The molecular formula is C15H20N2O. The number of H-pyrrole nitrogens is 1. The summed E-state index contributed by atoms with van der Waals surface area (Å²) in [5.74, 6) is 0.163. The van der Waals surface area contributed by atoms with Crippen molar-refractivity contribution in [2.75, 3.05) is 6.54 Å². The van der Waals surface area contributed by atoms with Crippen LogP contribution in [0.2, 0.25) is 0 Å². The van der Waals surface area contributed by atoms with Crippen LogP contribution in [-0.2, 0) is 11.2 Å². The maximum Gasteiger partial charge on any atom is 0.219 e. The van der Waals surface area contributed by atoms with Crippen molar-refractivity contribution in [1.29, 1.82) is 0 Å². The summed E-state index contributed by atoms with van der Waals surface area (Å²) in [7, 11) is 0. The highest BCUT2D eigenvalue weighted by atomic mass is 16.1. The second-order valence-corrected chi connectivity index (χ2v) is 4.56. The minimum absolute atomic E-state index is 0.163. The Morgan fingerprint density at radius 2 is 2.17 bits per heavy atom. The Bertz CT molecular complexity index is 516. The Kier molecular flexibility index (Phi) is 4.40. The Labute approximate surface area is 108 Å². The number of amides is 1. The van der Waals surface area contributed by atoms with Crippen molar-refractivity contribution in [2.45, 2.75) is 32.6 Å². The number of hydrogen-bond donors (Lipinski definition) is 2. The molecule has 0 fully saturated rings. The molecule has 0 unspecified atom stereocenters. The van der Waals surface area contributed by atoms with Crippen molar-refractivity contribution in [3.05, 3.63) is 36.0 Å². The highest BCUT2D eigenvalue weighted by Gasteiger charge is 2.03. The maximum absolute atomic E-state index is 11.3. The molecule has 96 valence electrons. The van der Waals surface area contributed by atoms with Crippen molar-refractivity contribution in [3.8, 4) is 0 Å². The number of benzene rings is 1. The van der Waals surface area contributed by atoms with E-state index in [-0.39, 0.29) is 5.91 Å². The van der Waals surface area contributed by atoms with Gasteiger partial charge in [0.1, 0.15) is 0 Å². The van der Waals surface area contributed by atoms with Crippen LogP contribution in [-0.4, -0.2) is 17.4 Å². The van der Waals surface area contributed by atoms with Crippen molar-refractivity contribution < 1.29 is 4.79 Å². The third-order valence-electron chi connectivity index (χ3n) is 3.10. The summed E-state index contributed by atoms with van der Waals surface area (Å²) in [6.45, 7) is 2.78. The lowest BCUT2D eigenvalue weighted by atomic mass is 10.1. The van der Waals surface area contributed by atoms with E-state index in [0.29, 0.717) is 6.42 Å². The van der Waals surface area contributed by atoms with Crippen molar-refractivity contribution >= 4 is 16.8 Å². The molecule has 0 atom stereocenters. The SMILES string of the molecule is CCCC(=O)NCCCc1c[nH]c2ccccc12. The molecule has 1 aromatic carbocycles. The van der Waals surface area contributed by atoms with Gasteiger partial charge in [-0.05, 0) is 30.9 Å². The number of nitrogens with one attached hydrogen (secondary N) is 2. The lowest BCUT2D eigenvalue weighted by Gasteiger charge is -2.03. The molecule has 0 aliphatic heterocycles. The van der Waals surface area contributed by atoms with E-state index in [0.717, 1.165) is 25.8 Å². The van der Waals surface area contributed by atoms with Crippen LogP contribution in [0.1, 0.15) is 31.7 Å². The standard InChI is InChI=1S/C15H20N2O/c1-2-6-15(18)16-10-5-7-12-11-17-14-9-4-3-8-13(12)14/h3-4,8-9,11,17H,2,5-7,10H2,1H3,(H,16,18). The second-order valence-electron chi connectivity index (χ2n) is 4.56. The molecule has 0 saturated heterocycles. The highest BCUT2D eigenvalue weighted by molar-refractivity contribution is 5.83. The number of aryl methyl sites for hydroxylation is 1. The van der Waals surface area contributed by atoms with Gasteiger partial charge in [0, 0.05) is 30.1 Å². The zero-order valence-electron chi connectivity index (χ0n) is 10.8. The summed E-state index contributed by atoms with van der Waals surface area (Å²) in [5.41, 5.74) is 2.51. The number of aromatic nitrogens is 1. The number of carbonyl (C=O) groups is 1. The van der Waals surface area contributed by atoms with E-state index in [9.17, 15) is 4.79 Å². The molecule has 2 N–H and O–H groups in total. The third-order valence-corrected chi connectivity index (χ3v) is 3.10. The summed E-state index contributed by atoms with van der Waals surface area (Å²) >= 11 is 0. The fourth-order valence-corrected chi connectivity index (χ4v) is 2.16. The van der Waals surface area contributed by atoms with Crippen molar-refractivity contribution in [2.24, 2.45) is 0 Å². The Balaban J connectivity index is 1.82. The summed E-state index contributed by atoms with van der Waals surface area (Å²) in [5, 5.41) is 4.23. The first kappa shape index (κ1) is 12.7. The minimum atomic E-state index is 0.163. The molecule has 1 aromatic heterocycles. The van der Waals surface area contributed by atoms with Crippen LogP contribution in [0.4, 0.5) is 0 Å². The topological polar surface area (TPSA) is 44.9 Å². The fourth-order valence-electron chi connectivity index (χ4n) is 2.16. The van der Waals surface area contributed by atoms with Gasteiger partial charge in [-0.25, -0.2) is 0 Å². The molecule has 0 radical (unpaired) electrons. The number of carbonyl (C=O) groups excluding carboxylic acids is 1. The molecule has 2 rings (SSSR count). The first-order valence-electron chi connectivity index (χ1n) is 6.63. The number of hydrogen-bond acceptors (Lipinski definition) is 1. The molecular weight excluding hydrogens is 224 g/mol. The zero-order chi connectivity index (χ0) is 12.8. The summed E-state index contributed by atoms with van der Waals surface area (Å²) in [4.78, 5) is 14.6. The van der Waals surface area contributed by atoms with Crippen LogP contribution in [0.3, 0.4) is 0 Å². The van der Waals surface area contributed by atoms with Crippen LogP contribution in [0.25, 0.3) is 10.9 Å². The number of rotatable bonds is 6. The normalized spacial score (nSPS) is 10.7. The first-order valence-corrected chi connectivity index (χ1v) is 6.63. The van der Waals surface area contributed by atoms with Gasteiger partial charge in [0.15, 0.2) is 0 Å². The molecule has 1 heterocycles. The van der Waals surface area contributed by atoms with Gasteiger partial charge in [-0.3, -0.25) is 4.79 Å². The van der Waals surface area contributed by atoms with E-state index in [4.69, 9.17) is 0 Å². The van der Waals surface area contributed by atoms with Gasteiger partial charge in [-0.1, -0.05) is 25.1 Å². The molecule has 0 aliphatic carbocycles. The number of para-hydroxylation sites is 1. The summed E-state index contributed by atoms with van der Waals surface area (Å²) in [6, 6.07) is 8.31. The van der Waals surface area contributed by atoms with Gasteiger partial charge < -0.3 is 10.3 Å². The highest BCUT2D eigenvalue weighted by Crippen LogP contribution is 2.18. The van der Waals surface area contributed by atoms with Gasteiger partial charge >= 0.3 is 0 Å². The van der Waals surface area contributed by atoms with E-state index in [1.807, 2.05) is 13.0 Å². The molecule has 2 aromatic rings. The van der Waals surface area contributed by atoms with Crippen LogP contribution >= 0.6 is 0 Å². The van der Waals surface area contributed by atoms with Gasteiger partial charge in [0.25, 0.3) is 0 Å². The predicted octanol–water partition coefficient (Wildman–Crippen LogP) is 3.02. The predicted molar refractivity (Wildman–Crippen MR) is 74.5 cm³/mol. The average Bonchev–Trinajstić information content (AvgIpc) is 2.78. The quantitative estimate of drug-likeness (QED) is 0.754. The molecule has 18 heavy (non-hydrogen) atoms. The lowest BCUT2D eigenvalue weighted by Crippen LogP contribution is -2.24. The monoisotopic (exact) mass is 244 g/mol. The fraction of sp³-hybridized carbons (Fsp3) is 0.400. The number of aromatic amines is 1. The summed E-state index contributed by atoms with van der Waals surface area (Å²) < 4.78 is 0. The minimum Gasteiger partial charge on any atom is -0.361 e. The number of fused-ring (bicyclic) bond motifs is 1. The van der Waals surface area contributed by atoms with Gasteiger partial charge in [0.2, 0.25) is 5.91 Å². The molecule has 0 saturated carbocycles. The largest absolute Gasteiger partial charge is 0.361 e. The Hall–Kier alpha value is -1.77. The molecule has 3 nitrogen and oxygen atoms in total. The van der Waals surface area contributed by atoms with Gasteiger partial charge in [-0.15, -0.1) is 0 Å². The zero-order valence-corrected chi connectivity index (χ0v) is 10.8. The lowest BCUT2D eigenvalue weighted by molar-refractivity contribution is -0.121. The van der Waals surface area contributed by atoms with Crippen LogP contribution in [0.15, 0.2) is 30.5 Å². The van der Waals surface area contributed by atoms with Crippen LogP contribution < -0.4 is 5.32 Å². The summed E-state index contributed by atoms with van der Waals surface area (Å²) in [6.07, 6.45) is 5.59. The van der Waals surface area contributed by atoms with Gasteiger partial charge in [-0.2, -0.15) is 0 Å². The molecule has 0 bridgehead atoms. The van der Waals surface area contributed by atoms with E-state index in [2.05, 4.69) is 34.7 Å². The van der Waals surface area contributed by atoms with E-state index < -0.39 is 0 Å². The Morgan fingerprint density at radius 3 is 3.00 bits per heavy atom. The van der Waals surface area contributed by atoms with Gasteiger partial charge in [0.05, 0.1) is 0 Å². The third kappa shape index (κ3) is 3.13. The second kappa shape index (κ2) is 6.24. The molecule has 3 heteroatoms. The maximum atomic E-state index is 11.3. The molecule has 0 aliphatic rings. The van der Waals surface area contributed by atoms with E-state index >= 15 is 0 Å². The van der Waals surface area contributed by atoms with Crippen LogP contribution in [0.5, 0.6) is 0 Å². The van der Waals surface area contributed by atoms with Crippen molar-refractivity contribution in [1.82, 2.24) is 10.3 Å². The van der Waals surface area contributed by atoms with Crippen LogP contribution in [0, 0.1) is 0 Å². The molecule has 1 amide bonds. The average molecular weight is 244 g/mol. The van der Waals surface area contributed by atoms with E-state index in [1.54, 1.807) is 0 Å². The Morgan fingerprint density at radius 1 is 1.33 bits per heavy atom.